The van der Waals surface area contributed by atoms with Crippen molar-refractivity contribution < 1.29 is 17.6 Å². The fourth-order valence-electron chi connectivity index (χ4n) is 2.97. The lowest BCUT2D eigenvalue weighted by Crippen LogP contribution is -2.29. The molecule has 0 aromatic heterocycles. The van der Waals surface area contributed by atoms with E-state index in [0.29, 0.717) is 18.7 Å². The number of carbonyl (C=O) groups excluding carboxylic acids is 1. The first-order chi connectivity index (χ1) is 12.4. The van der Waals surface area contributed by atoms with Crippen LogP contribution in [0.4, 0.5) is 4.39 Å². The second-order valence-electron chi connectivity index (χ2n) is 6.40. The molecule has 138 valence electrons. The predicted octanol–water partition coefficient (Wildman–Crippen LogP) is 2.85. The molecule has 0 bridgehead atoms. The highest BCUT2D eigenvalue weighted by Gasteiger charge is 2.29. The van der Waals surface area contributed by atoms with Crippen LogP contribution in [-0.2, 0) is 16.6 Å². The van der Waals surface area contributed by atoms with Crippen LogP contribution in [0.1, 0.15) is 34.3 Å². The lowest BCUT2D eigenvalue weighted by molar-refractivity contribution is 0.0950. The van der Waals surface area contributed by atoms with Gasteiger partial charge in [-0.1, -0.05) is 18.2 Å². The van der Waals surface area contributed by atoms with E-state index in [1.807, 2.05) is 0 Å². The summed E-state index contributed by atoms with van der Waals surface area (Å²) in [6.45, 7) is 3.00. The Morgan fingerprint density at radius 3 is 2.42 bits per heavy atom. The van der Waals surface area contributed by atoms with Crippen molar-refractivity contribution in [3.8, 4) is 0 Å². The summed E-state index contributed by atoms with van der Waals surface area (Å²) in [5.74, 6) is -0.706. The van der Waals surface area contributed by atoms with Crippen molar-refractivity contribution >= 4 is 15.9 Å². The lowest BCUT2D eigenvalue weighted by atomic mass is 10.1. The molecule has 0 spiro atoms. The molecule has 3 rings (SSSR count). The fraction of sp³-hybridized carbons (Fsp3) is 0.316. The van der Waals surface area contributed by atoms with E-state index in [9.17, 15) is 17.6 Å². The van der Waals surface area contributed by atoms with Crippen molar-refractivity contribution in [2.75, 3.05) is 13.1 Å². The zero-order valence-corrected chi connectivity index (χ0v) is 15.4. The quantitative estimate of drug-likeness (QED) is 0.873. The summed E-state index contributed by atoms with van der Waals surface area (Å²) in [7, 11) is -3.59. The van der Waals surface area contributed by atoms with Gasteiger partial charge >= 0.3 is 0 Å². The van der Waals surface area contributed by atoms with Crippen LogP contribution >= 0.6 is 0 Å². The van der Waals surface area contributed by atoms with Gasteiger partial charge in [-0.05, 0) is 55.2 Å². The second kappa shape index (κ2) is 7.55. The molecule has 7 heteroatoms. The zero-order chi connectivity index (χ0) is 18.7. The van der Waals surface area contributed by atoms with Gasteiger partial charge < -0.3 is 5.32 Å². The second-order valence-corrected chi connectivity index (χ2v) is 8.31. The average molecular weight is 376 g/mol. The number of aryl methyl sites for hydroxylation is 1. The highest BCUT2D eigenvalue weighted by molar-refractivity contribution is 7.89. The molecule has 0 radical (unpaired) electrons. The minimum atomic E-state index is -3.59. The van der Waals surface area contributed by atoms with Gasteiger partial charge in [0.2, 0.25) is 10.0 Å². The van der Waals surface area contributed by atoms with Crippen molar-refractivity contribution in [1.82, 2.24) is 9.62 Å². The fourth-order valence-corrected chi connectivity index (χ4v) is 4.74. The van der Waals surface area contributed by atoms with Crippen LogP contribution in [0.5, 0.6) is 0 Å². The molecule has 1 fully saturated rings. The maximum atomic E-state index is 12.9. The molecule has 0 saturated carbocycles. The van der Waals surface area contributed by atoms with E-state index in [1.165, 1.54) is 22.5 Å². The third-order valence-electron chi connectivity index (χ3n) is 4.50. The van der Waals surface area contributed by atoms with E-state index < -0.39 is 10.0 Å². The number of carbonyl (C=O) groups is 1. The Kier molecular flexibility index (Phi) is 5.38. The maximum absolute atomic E-state index is 12.9. The van der Waals surface area contributed by atoms with E-state index in [4.69, 9.17) is 0 Å². The van der Waals surface area contributed by atoms with Gasteiger partial charge in [0.05, 0.1) is 4.90 Å². The Morgan fingerprint density at radius 2 is 1.77 bits per heavy atom. The van der Waals surface area contributed by atoms with Gasteiger partial charge in [-0.2, -0.15) is 4.31 Å². The van der Waals surface area contributed by atoms with Crippen LogP contribution in [0.15, 0.2) is 47.4 Å². The van der Waals surface area contributed by atoms with E-state index in [-0.39, 0.29) is 28.7 Å². The summed E-state index contributed by atoms with van der Waals surface area (Å²) >= 11 is 0. The molecule has 5 nitrogen and oxygen atoms in total. The van der Waals surface area contributed by atoms with Crippen molar-refractivity contribution in [1.29, 1.82) is 0 Å². The molecule has 0 atom stereocenters. The molecule has 1 heterocycles. The summed E-state index contributed by atoms with van der Waals surface area (Å²) in [6.07, 6.45) is 1.71. The summed E-state index contributed by atoms with van der Waals surface area (Å²) in [6, 6.07) is 10.5. The molecule has 1 saturated heterocycles. The maximum Gasteiger partial charge on any atom is 0.251 e. The van der Waals surface area contributed by atoms with Gasteiger partial charge in [-0.25, -0.2) is 12.8 Å². The van der Waals surface area contributed by atoms with Gasteiger partial charge in [0, 0.05) is 25.2 Å². The number of hydrogen-bond acceptors (Lipinski definition) is 3. The molecule has 0 aliphatic carbocycles. The molecule has 2 aromatic rings. The summed E-state index contributed by atoms with van der Waals surface area (Å²) in [4.78, 5) is 12.6. The van der Waals surface area contributed by atoms with Crippen LogP contribution in [0.3, 0.4) is 0 Å². The lowest BCUT2D eigenvalue weighted by Gasteiger charge is -2.17. The number of rotatable bonds is 5. The molecule has 1 aliphatic heterocycles. The number of benzene rings is 2. The van der Waals surface area contributed by atoms with Gasteiger partial charge in [0.25, 0.3) is 5.91 Å². The molecular formula is C19H21FN2O3S. The van der Waals surface area contributed by atoms with E-state index in [1.54, 1.807) is 31.2 Å². The van der Waals surface area contributed by atoms with Gasteiger partial charge in [-0.15, -0.1) is 0 Å². The zero-order valence-electron chi connectivity index (χ0n) is 14.5. The number of amides is 1. The first-order valence-corrected chi connectivity index (χ1v) is 9.95. The highest BCUT2D eigenvalue weighted by Crippen LogP contribution is 2.24. The van der Waals surface area contributed by atoms with Gasteiger partial charge in [-0.3, -0.25) is 4.79 Å². The van der Waals surface area contributed by atoms with Gasteiger partial charge in [0.15, 0.2) is 0 Å². The molecule has 1 aliphatic rings. The Bertz CT molecular complexity index is 905. The standard InChI is InChI=1S/C19H21FN2O3S/c1-14-4-7-16(12-18(14)26(24,25)22-10-2-3-11-22)19(23)21-13-15-5-8-17(20)9-6-15/h4-9,12H,2-3,10-11,13H2,1H3,(H,21,23). The van der Waals surface area contributed by atoms with E-state index >= 15 is 0 Å². The first-order valence-electron chi connectivity index (χ1n) is 8.51. The third-order valence-corrected chi connectivity index (χ3v) is 6.54. The van der Waals surface area contributed by atoms with E-state index in [0.717, 1.165) is 18.4 Å². The number of nitrogens with one attached hydrogen (secondary N) is 1. The van der Waals surface area contributed by atoms with Crippen LogP contribution in [0, 0.1) is 12.7 Å². The molecular weight excluding hydrogens is 355 g/mol. The first kappa shape index (κ1) is 18.5. The molecule has 1 N–H and O–H groups in total. The molecule has 1 amide bonds. The summed E-state index contributed by atoms with van der Waals surface area (Å²) in [5.41, 5.74) is 1.67. The van der Waals surface area contributed by atoms with Crippen molar-refractivity contribution in [3.05, 3.63) is 65.0 Å². The normalized spacial score (nSPS) is 15.2. The Hall–Kier alpha value is -2.25. The summed E-state index contributed by atoms with van der Waals surface area (Å²) < 4.78 is 40.0. The minimum absolute atomic E-state index is 0.175. The third kappa shape index (κ3) is 3.94. The average Bonchev–Trinajstić information content (AvgIpc) is 3.17. The number of nitrogens with zero attached hydrogens (tertiary/aromatic N) is 1. The van der Waals surface area contributed by atoms with Crippen molar-refractivity contribution in [2.24, 2.45) is 0 Å². The summed E-state index contributed by atoms with van der Waals surface area (Å²) in [5, 5.41) is 2.73. The Morgan fingerprint density at radius 1 is 1.12 bits per heavy atom. The van der Waals surface area contributed by atoms with Crippen LogP contribution in [0.25, 0.3) is 0 Å². The number of hydrogen-bond donors (Lipinski definition) is 1. The Balaban J connectivity index is 1.78. The van der Waals surface area contributed by atoms with Crippen LogP contribution in [-0.4, -0.2) is 31.7 Å². The topological polar surface area (TPSA) is 66.5 Å². The Labute approximate surface area is 152 Å². The number of halogens is 1. The highest BCUT2D eigenvalue weighted by atomic mass is 32.2. The smallest absolute Gasteiger partial charge is 0.251 e. The van der Waals surface area contributed by atoms with Gasteiger partial charge in [0.1, 0.15) is 5.82 Å². The number of sulfonamides is 1. The SMILES string of the molecule is Cc1ccc(C(=O)NCc2ccc(F)cc2)cc1S(=O)(=O)N1CCCC1. The molecule has 26 heavy (non-hydrogen) atoms. The van der Waals surface area contributed by atoms with Crippen LogP contribution in [0.2, 0.25) is 0 Å². The molecule has 0 unspecified atom stereocenters. The van der Waals surface area contributed by atoms with E-state index in [2.05, 4.69) is 5.32 Å². The van der Waals surface area contributed by atoms with Crippen molar-refractivity contribution in [2.45, 2.75) is 31.2 Å². The largest absolute Gasteiger partial charge is 0.348 e. The minimum Gasteiger partial charge on any atom is -0.348 e. The monoisotopic (exact) mass is 376 g/mol. The predicted molar refractivity (Wildman–Crippen MR) is 96.7 cm³/mol. The van der Waals surface area contributed by atoms with Crippen molar-refractivity contribution in [3.63, 3.8) is 0 Å². The van der Waals surface area contributed by atoms with Crippen LogP contribution < -0.4 is 5.32 Å². The molecule has 2 aromatic carbocycles.